The van der Waals surface area contributed by atoms with E-state index in [-0.39, 0.29) is 5.78 Å². The molecule has 0 atom stereocenters. The molecule has 18 heavy (non-hydrogen) atoms. The molecule has 0 aliphatic heterocycles. The molecular formula is C14H13BrO3. The molecule has 1 heterocycles. The van der Waals surface area contributed by atoms with Crippen LogP contribution in [0, 0.1) is 0 Å². The van der Waals surface area contributed by atoms with Crippen LogP contribution in [0.3, 0.4) is 0 Å². The summed E-state index contributed by atoms with van der Waals surface area (Å²) in [5, 5.41) is 0. The summed E-state index contributed by atoms with van der Waals surface area (Å²) in [6.07, 6.45) is 1.13. The van der Waals surface area contributed by atoms with E-state index in [9.17, 15) is 4.79 Å². The second-order valence-corrected chi connectivity index (χ2v) is 4.66. The Morgan fingerprint density at radius 3 is 2.50 bits per heavy atom. The van der Waals surface area contributed by atoms with Crippen LogP contribution >= 0.6 is 15.9 Å². The number of furan rings is 1. The van der Waals surface area contributed by atoms with Crippen molar-refractivity contribution in [3.63, 3.8) is 0 Å². The van der Waals surface area contributed by atoms with E-state index in [0.717, 1.165) is 11.3 Å². The van der Waals surface area contributed by atoms with E-state index in [1.807, 2.05) is 24.3 Å². The monoisotopic (exact) mass is 308 g/mol. The van der Waals surface area contributed by atoms with E-state index >= 15 is 0 Å². The molecule has 4 heteroatoms. The molecule has 0 N–H and O–H groups in total. The van der Waals surface area contributed by atoms with E-state index in [4.69, 9.17) is 9.15 Å². The zero-order valence-electron chi connectivity index (χ0n) is 9.98. The van der Waals surface area contributed by atoms with Crippen LogP contribution in [0.1, 0.15) is 22.5 Å². The Hall–Kier alpha value is -1.55. The molecule has 0 unspecified atom stereocenters. The fourth-order valence-corrected chi connectivity index (χ4v) is 1.94. The molecule has 1 aromatic heterocycles. The summed E-state index contributed by atoms with van der Waals surface area (Å²) in [5.41, 5.74) is 1.11. The third-order valence-corrected chi connectivity index (χ3v) is 3.07. The van der Waals surface area contributed by atoms with Gasteiger partial charge in [0.15, 0.2) is 16.2 Å². The minimum Gasteiger partial charge on any atom is -0.497 e. The summed E-state index contributed by atoms with van der Waals surface area (Å²) < 4.78 is 10.9. The predicted octanol–water partition coefficient (Wildman–Crippen LogP) is 3.87. The first-order chi connectivity index (χ1) is 8.69. The van der Waals surface area contributed by atoms with Crippen LogP contribution in [0.5, 0.6) is 5.75 Å². The fourth-order valence-electron chi connectivity index (χ4n) is 1.64. The number of hydrogen-bond donors (Lipinski definition) is 0. The molecule has 0 saturated heterocycles. The molecule has 0 amide bonds. The molecule has 2 aromatic rings. The van der Waals surface area contributed by atoms with Crippen molar-refractivity contribution in [3.8, 4) is 5.75 Å². The van der Waals surface area contributed by atoms with Gasteiger partial charge in [-0.25, -0.2) is 0 Å². The Balaban J connectivity index is 1.92. The van der Waals surface area contributed by atoms with Gasteiger partial charge >= 0.3 is 0 Å². The van der Waals surface area contributed by atoms with E-state index in [1.54, 1.807) is 19.2 Å². The number of halogens is 1. The molecule has 0 aliphatic rings. The maximum atomic E-state index is 11.8. The van der Waals surface area contributed by atoms with Gasteiger partial charge < -0.3 is 9.15 Å². The number of ether oxygens (including phenoxy) is 1. The Kier molecular flexibility index (Phi) is 4.20. The summed E-state index contributed by atoms with van der Waals surface area (Å²) in [6.45, 7) is 0. The van der Waals surface area contributed by atoms with Crippen LogP contribution < -0.4 is 4.74 Å². The quantitative estimate of drug-likeness (QED) is 0.787. The molecule has 94 valence electrons. The van der Waals surface area contributed by atoms with Gasteiger partial charge in [0, 0.05) is 6.42 Å². The number of carbonyl (C=O) groups is 1. The Morgan fingerprint density at radius 2 is 1.94 bits per heavy atom. The molecular weight excluding hydrogens is 296 g/mol. The minimum atomic E-state index is 0.0107. The minimum absolute atomic E-state index is 0.0107. The van der Waals surface area contributed by atoms with Gasteiger partial charge in [0.2, 0.25) is 0 Å². The smallest absolute Gasteiger partial charge is 0.198 e. The third-order valence-electron chi connectivity index (χ3n) is 2.65. The zero-order valence-corrected chi connectivity index (χ0v) is 11.6. The number of Topliss-reactive ketones (excluding diaryl/α,β-unsaturated/α-hetero) is 1. The van der Waals surface area contributed by atoms with Crippen molar-refractivity contribution in [1.29, 1.82) is 0 Å². The summed E-state index contributed by atoms with van der Waals surface area (Å²) >= 11 is 3.18. The molecule has 0 aliphatic carbocycles. The van der Waals surface area contributed by atoms with Gasteiger partial charge in [-0.15, -0.1) is 0 Å². The van der Waals surface area contributed by atoms with Crippen LogP contribution in [0.2, 0.25) is 0 Å². The number of rotatable bonds is 5. The third kappa shape index (κ3) is 3.23. The predicted molar refractivity (Wildman–Crippen MR) is 72.1 cm³/mol. The van der Waals surface area contributed by atoms with Crippen molar-refractivity contribution in [1.82, 2.24) is 0 Å². The number of benzene rings is 1. The van der Waals surface area contributed by atoms with E-state index in [0.29, 0.717) is 23.3 Å². The first-order valence-electron chi connectivity index (χ1n) is 5.60. The van der Waals surface area contributed by atoms with Crippen molar-refractivity contribution >= 4 is 21.7 Å². The van der Waals surface area contributed by atoms with Crippen LogP contribution in [0.4, 0.5) is 0 Å². The van der Waals surface area contributed by atoms with Gasteiger partial charge in [-0.3, -0.25) is 4.79 Å². The lowest BCUT2D eigenvalue weighted by Crippen LogP contribution is -1.99. The topological polar surface area (TPSA) is 39.4 Å². The maximum absolute atomic E-state index is 11.8. The highest BCUT2D eigenvalue weighted by molar-refractivity contribution is 9.10. The lowest BCUT2D eigenvalue weighted by molar-refractivity contribution is 0.0955. The Morgan fingerprint density at radius 1 is 1.22 bits per heavy atom. The van der Waals surface area contributed by atoms with Crippen LogP contribution in [-0.2, 0) is 6.42 Å². The van der Waals surface area contributed by atoms with Crippen LogP contribution in [-0.4, -0.2) is 12.9 Å². The SMILES string of the molecule is COc1ccc(CCC(=O)c2ccc(Br)o2)cc1. The normalized spacial score (nSPS) is 10.3. The fraction of sp³-hybridized carbons (Fsp3) is 0.214. The number of methoxy groups -OCH3 is 1. The van der Waals surface area contributed by atoms with Crippen molar-refractivity contribution in [3.05, 3.63) is 52.4 Å². The van der Waals surface area contributed by atoms with E-state index < -0.39 is 0 Å². The molecule has 0 radical (unpaired) electrons. The lowest BCUT2D eigenvalue weighted by atomic mass is 10.1. The van der Waals surface area contributed by atoms with Gasteiger partial charge in [-0.05, 0) is 52.2 Å². The van der Waals surface area contributed by atoms with E-state index in [2.05, 4.69) is 15.9 Å². The average Bonchev–Trinajstić information content (AvgIpc) is 2.83. The molecule has 0 saturated carbocycles. The molecule has 0 bridgehead atoms. The van der Waals surface area contributed by atoms with Crippen molar-refractivity contribution in [2.75, 3.05) is 7.11 Å². The number of carbonyl (C=O) groups excluding carboxylic acids is 1. The Labute approximate surface area is 114 Å². The molecule has 2 rings (SSSR count). The highest BCUT2D eigenvalue weighted by Crippen LogP contribution is 2.17. The molecule has 1 aromatic carbocycles. The maximum Gasteiger partial charge on any atom is 0.198 e. The van der Waals surface area contributed by atoms with Crippen molar-refractivity contribution < 1.29 is 13.9 Å². The second-order valence-electron chi connectivity index (χ2n) is 3.88. The summed E-state index contributed by atoms with van der Waals surface area (Å²) in [4.78, 5) is 11.8. The molecule has 3 nitrogen and oxygen atoms in total. The first-order valence-corrected chi connectivity index (χ1v) is 6.40. The number of ketones is 1. The lowest BCUT2D eigenvalue weighted by Gasteiger charge is -2.02. The summed E-state index contributed by atoms with van der Waals surface area (Å²) in [6, 6.07) is 11.1. The second kappa shape index (κ2) is 5.87. The highest BCUT2D eigenvalue weighted by atomic mass is 79.9. The Bertz CT molecular complexity index is 528. The van der Waals surface area contributed by atoms with Gasteiger partial charge in [0.05, 0.1) is 7.11 Å². The first kappa shape index (κ1) is 12.9. The average molecular weight is 309 g/mol. The van der Waals surface area contributed by atoms with Gasteiger partial charge in [0.1, 0.15) is 5.75 Å². The molecule has 0 spiro atoms. The van der Waals surface area contributed by atoms with Gasteiger partial charge in [-0.2, -0.15) is 0 Å². The van der Waals surface area contributed by atoms with Crippen molar-refractivity contribution in [2.24, 2.45) is 0 Å². The standard InChI is InChI=1S/C14H13BrO3/c1-17-11-5-2-10(3-6-11)4-7-12(16)13-8-9-14(15)18-13/h2-3,5-6,8-9H,4,7H2,1H3. The van der Waals surface area contributed by atoms with Gasteiger partial charge in [-0.1, -0.05) is 12.1 Å². The highest BCUT2D eigenvalue weighted by Gasteiger charge is 2.10. The van der Waals surface area contributed by atoms with E-state index in [1.165, 1.54) is 0 Å². The van der Waals surface area contributed by atoms with Crippen LogP contribution in [0.15, 0.2) is 45.5 Å². The molecule has 0 fully saturated rings. The van der Waals surface area contributed by atoms with Crippen LogP contribution in [0.25, 0.3) is 0 Å². The van der Waals surface area contributed by atoms with Gasteiger partial charge in [0.25, 0.3) is 0 Å². The number of aryl methyl sites for hydroxylation is 1. The summed E-state index contributed by atoms with van der Waals surface area (Å²) in [5.74, 6) is 1.23. The largest absolute Gasteiger partial charge is 0.497 e. The number of hydrogen-bond acceptors (Lipinski definition) is 3. The zero-order chi connectivity index (χ0) is 13.0. The summed E-state index contributed by atoms with van der Waals surface area (Å²) in [7, 11) is 1.63. The van der Waals surface area contributed by atoms with Crippen molar-refractivity contribution in [2.45, 2.75) is 12.8 Å².